The molecule has 18 heavy (non-hydrogen) atoms. The third-order valence-electron chi connectivity index (χ3n) is 3.03. The molecule has 3 heteroatoms. The average Bonchev–Trinajstić information content (AvgIpc) is 2.27. The van der Waals surface area contributed by atoms with Gasteiger partial charge in [0.2, 0.25) is 0 Å². The van der Waals surface area contributed by atoms with E-state index in [1.165, 1.54) is 19.3 Å². The minimum atomic E-state index is 0.469. The molecule has 0 aromatic heterocycles. The largest absolute Gasteiger partial charge is 0.389 e. The quantitative estimate of drug-likeness (QED) is 0.580. The third-order valence-corrected chi connectivity index (χ3v) is 3.25. The molecule has 2 nitrogen and oxygen atoms in total. The lowest BCUT2D eigenvalue weighted by Crippen LogP contribution is -2.11. The van der Waals surface area contributed by atoms with Crippen molar-refractivity contribution < 1.29 is 0 Å². The van der Waals surface area contributed by atoms with Crippen LogP contribution in [0.3, 0.4) is 0 Å². The first-order valence-corrected chi connectivity index (χ1v) is 7.06. The summed E-state index contributed by atoms with van der Waals surface area (Å²) in [6, 6.07) is 6.15. The lowest BCUT2D eigenvalue weighted by Gasteiger charge is -2.10. The van der Waals surface area contributed by atoms with Crippen LogP contribution in [0.1, 0.15) is 44.2 Å². The second-order valence-corrected chi connectivity index (χ2v) is 5.65. The van der Waals surface area contributed by atoms with Gasteiger partial charge in [-0.15, -0.1) is 0 Å². The summed E-state index contributed by atoms with van der Waals surface area (Å²) in [4.78, 5) is 0.469. The zero-order valence-electron chi connectivity index (χ0n) is 11.6. The fourth-order valence-corrected chi connectivity index (χ4v) is 2.19. The number of hydrogen-bond acceptors (Lipinski definition) is 2. The van der Waals surface area contributed by atoms with Crippen molar-refractivity contribution in [2.24, 2.45) is 11.7 Å². The van der Waals surface area contributed by atoms with Gasteiger partial charge in [-0.3, -0.25) is 0 Å². The first-order chi connectivity index (χ1) is 8.50. The van der Waals surface area contributed by atoms with Gasteiger partial charge in [0.25, 0.3) is 0 Å². The maximum absolute atomic E-state index is 5.64. The van der Waals surface area contributed by atoms with Gasteiger partial charge < -0.3 is 11.1 Å². The summed E-state index contributed by atoms with van der Waals surface area (Å²) < 4.78 is 0. The van der Waals surface area contributed by atoms with Crippen molar-refractivity contribution in [2.45, 2.75) is 40.0 Å². The van der Waals surface area contributed by atoms with Gasteiger partial charge in [0.15, 0.2) is 0 Å². The molecule has 0 atom stereocenters. The first kappa shape index (κ1) is 15.0. The van der Waals surface area contributed by atoms with E-state index in [4.69, 9.17) is 18.0 Å². The predicted octanol–water partition coefficient (Wildman–Crippen LogP) is 3.87. The Hall–Kier alpha value is -1.09. The highest BCUT2D eigenvalue weighted by Gasteiger charge is 2.02. The molecule has 100 valence electrons. The van der Waals surface area contributed by atoms with Crippen molar-refractivity contribution in [1.82, 2.24) is 0 Å². The molecular weight excluding hydrogens is 240 g/mol. The van der Waals surface area contributed by atoms with Crippen molar-refractivity contribution in [3.8, 4) is 0 Å². The summed E-state index contributed by atoms with van der Waals surface area (Å²) in [6.07, 6.45) is 3.81. The Morgan fingerprint density at radius 1 is 1.33 bits per heavy atom. The van der Waals surface area contributed by atoms with E-state index in [1.54, 1.807) is 0 Å². The minimum absolute atomic E-state index is 0.469. The van der Waals surface area contributed by atoms with Crippen LogP contribution in [0.4, 0.5) is 5.69 Å². The Morgan fingerprint density at radius 3 is 2.61 bits per heavy atom. The van der Waals surface area contributed by atoms with Crippen molar-refractivity contribution in [1.29, 1.82) is 0 Å². The molecule has 1 aromatic rings. The van der Waals surface area contributed by atoms with Gasteiger partial charge in [-0.05, 0) is 43.0 Å². The number of anilines is 1. The number of thiocarbonyl (C=S) groups is 1. The van der Waals surface area contributed by atoms with E-state index in [0.29, 0.717) is 4.99 Å². The van der Waals surface area contributed by atoms with Gasteiger partial charge in [0.1, 0.15) is 4.99 Å². The topological polar surface area (TPSA) is 38.0 Å². The van der Waals surface area contributed by atoms with Gasteiger partial charge in [-0.2, -0.15) is 0 Å². The van der Waals surface area contributed by atoms with Crippen LogP contribution in [-0.4, -0.2) is 11.5 Å². The standard InChI is InChI=1S/C15H24N2S/c1-11(2)6-4-5-9-17-13-7-8-14(15(16)18)12(3)10-13/h7-8,10-11,17H,4-6,9H2,1-3H3,(H2,16,18). The SMILES string of the molecule is Cc1cc(NCCCCC(C)C)ccc1C(N)=S. The molecule has 0 aliphatic heterocycles. The second kappa shape index (κ2) is 7.37. The number of nitrogens with two attached hydrogens (primary N) is 1. The molecule has 3 N–H and O–H groups in total. The number of benzene rings is 1. The fourth-order valence-electron chi connectivity index (χ4n) is 1.96. The smallest absolute Gasteiger partial charge is 0.104 e. The van der Waals surface area contributed by atoms with Crippen molar-refractivity contribution in [3.63, 3.8) is 0 Å². The number of nitrogens with one attached hydrogen (secondary N) is 1. The molecule has 0 bridgehead atoms. The van der Waals surface area contributed by atoms with E-state index in [2.05, 4.69) is 25.2 Å². The summed E-state index contributed by atoms with van der Waals surface area (Å²) in [5, 5.41) is 3.44. The summed E-state index contributed by atoms with van der Waals surface area (Å²) >= 11 is 5.00. The van der Waals surface area contributed by atoms with E-state index >= 15 is 0 Å². The van der Waals surface area contributed by atoms with Gasteiger partial charge in [-0.25, -0.2) is 0 Å². The Morgan fingerprint density at radius 2 is 2.06 bits per heavy atom. The number of rotatable bonds is 7. The minimum Gasteiger partial charge on any atom is -0.389 e. The fraction of sp³-hybridized carbons (Fsp3) is 0.533. The zero-order valence-corrected chi connectivity index (χ0v) is 12.4. The van der Waals surface area contributed by atoms with E-state index in [9.17, 15) is 0 Å². The molecule has 0 radical (unpaired) electrons. The maximum atomic E-state index is 5.64. The number of aryl methyl sites for hydroxylation is 1. The van der Waals surface area contributed by atoms with E-state index in [1.807, 2.05) is 19.1 Å². The van der Waals surface area contributed by atoms with E-state index in [-0.39, 0.29) is 0 Å². The highest BCUT2D eigenvalue weighted by atomic mass is 32.1. The Bertz CT molecular complexity index is 399. The molecule has 0 fully saturated rings. The summed E-state index contributed by atoms with van der Waals surface area (Å²) in [5.74, 6) is 0.803. The number of hydrogen-bond donors (Lipinski definition) is 2. The molecule has 0 saturated heterocycles. The lowest BCUT2D eigenvalue weighted by molar-refractivity contribution is 0.545. The van der Waals surface area contributed by atoms with E-state index < -0.39 is 0 Å². The number of unbranched alkanes of at least 4 members (excludes halogenated alkanes) is 1. The first-order valence-electron chi connectivity index (χ1n) is 6.65. The highest BCUT2D eigenvalue weighted by Crippen LogP contribution is 2.15. The van der Waals surface area contributed by atoms with Crippen molar-refractivity contribution >= 4 is 22.9 Å². The van der Waals surface area contributed by atoms with Crippen molar-refractivity contribution in [2.75, 3.05) is 11.9 Å². The Labute approximate surface area is 116 Å². The zero-order chi connectivity index (χ0) is 13.5. The summed E-state index contributed by atoms with van der Waals surface area (Å²) in [5.41, 5.74) is 8.90. The van der Waals surface area contributed by atoms with Crippen molar-refractivity contribution in [3.05, 3.63) is 29.3 Å². The Balaban J connectivity index is 2.39. The molecule has 0 amide bonds. The highest BCUT2D eigenvalue weighted by molar-refractivity contribution is 7.80. The van der Waals surface area contributed by atoms with Crippen LogP contribution in [0.25, 0.3) is 0 Å². The molecule has 0 spiro atoms. The molecule has 1 aromatic carbocycles. The monoisotopic (exact) mass is 264 g/mol. The molecule has 0 unspecified atom stereocenters. The second-order valence-electron chi connectivity index (χ2n) is 5.21. The molecule has 0 saturated carbocycles. The molecule has 0 aliphatic carbocycles. The average molecular weight is 264 g/mol. The van der Waals surface area contributed by atoms with Crippen LogP contribution in [0.5, 0.6) is 0 Å². The maximum Gasteiger partial charge on any atom is 0.104 e. The predicted molar refractivity (Wildman–Crippen MR) is 84.2 cm³/mol. The van der Waals surface area contributed by atoms with Gasteiger partial charge in [-0.1, -0.05) is 38.9 Å². The van der Waals surface area contributed by atoms with Crippen LogP contribution >= 0.6 is 12.2 Å². The summed E-state index contributed by atoms with van der Waals surface area (Å²) in [6.45, 7) is 7.60. The molecular formula is C15H24N2S. The van der Waals surface area contributed by atoms with Gasteiger partial charge in [0, 0.05) is 17.8 Å². The van der Waals surface area contributed by atoms with E-state index in [0.717, 1.165) is 29.3 Å². The van der Waals surface area contributed by atoms with Crippen LogP contribution in [0.15, 0.2) is 18.2 Å². The summed E-state index contributed by atoms with van der Waals surface area (Å²) in [7, 11) is 0. The third kappa shape index (κ3) is 5.05. The van der Waals surface area contributed by atoms with Gasteiger partial charge in [0.05, 0.1) is 0 Å². The molecule has 0 heterocycles. The van der Waals surface area contributed by atoms with Crippen LogP contribution in [0, 0.1) is 12.8 Å². The van der Waals surface area contributed by atoms with Gasteiger partial charge >= 0.3 is 0 Å². The molecule has 1 rings (SSSR count). The molecule has 0 aliphatic rings. The van der Waals surface area contributed by atoms with Crippen LogP contribution < -0.4 is 11.1 Å². The lowest BCUT2D eigenvalue weighted by atomic mass is 10.1. The van der Waals surface area contributed by atoms with Crippen LogP contribution in [-0.2, 0) is 0 Å². The normalized spacial score (nSPS) is 10.7. The Kier molecular flexibility index (Phi) is 6.13. The van der Waals surface area contributed by atoms with Crippen LogP contribution in [0.2, 0.25) is 0 Å².